The molecule has 1 unspecified atom stereocenters. The zero-order chi connectivity index (χ0) is 14.1. The fourth-order valence-corrected chi connectivity index (χ4v) is 2.00. The molecule has 0 radical (unpaired) electrons. The maximum atomic E-state index is 5.43. The highest BCUT2D eigenvalue weighted by atomic mass is 16.5. The van der Waals surface area contributed by atoms with E-state index in [-0.39, 0.29) is 6.04 Å². The lowest BCUT2D eigenvalue weighted by atomic mass is 10.0. The van der Waals surface area contributed by atoms with Crippen LogP contribution in [0, 0.1) is 5.92 Å². The van der Waals surface area contributed by atoms with Crippen molar-refractivity contribution in [3.05, 3.63) is 12.2 Å². The highest BCUT2D eigenvalue weighted by Gasteiger charge is 2.21. The van der Waals surface area contributed by atoms with E-state index in [2.05, 4.69) is 31.0 Å². The fourth-order valence-electron chi connectivity index (χ4n) is 2.00. The molecule has 0 aliphatic carbocycles. The normalized spacial score (nSPS) is 23.7. The second kappa shape index (κ2) is 8.73. The minimum Gasteiger partial charge on any atom is -0.484 e. The number of hydrogen-bond acceptors (Lipinski definition) is 4. The smallest absolute Gasteiger partial charge is 0.208 e. The average Bonchev–Trinajstić information content (AvgIpc) is 2.39. The summed E-state index contributed by atoms with van der Waals surface area (Å²) in [5.74, 6) is 1.83. The Hall–Kier alpha value is -1.32. The molecule has 19 heavy (non-hydrogen) atoms. The average molecular weight is 266 g/mol. The topological polar surface area (TPSA) is 43.2 Å². The van der Waals surface area contributed by atoms with Gasteiger partial charge in [0.2, 0.25) is 5.90 Å². The Balaban J connectivity index is 2.99. The Labute approximate surface area is 116 Å². The number of methoxy groups -OCH3 is 2. The summed E-state index contributed by atoms with van der Waals surface area (Å²) in [6.45, 7) is 5.00. The summed E-state index contributed by atoms with van der Waals surface area (Å²) in [5.41, 5.74) is 0. The number of ether oxygens (including phenoxy) is 2. The van der Waals surface area contributed by atoms with Gasteiger partial charge in [-0.2, -0.15) is 0 Å². The lowest BCUT2D eigenvalue weighted by Gasteiger charge is -2.19. The van der Waals surface area contributed by atoms with Gasteiger partial charge in [0.05, 0.1) is 14.2 Å². The molecule has 4 heteroatoms. The Morgan fingerprint density at radius 3 is 2.53 bits per heavy atom. The molecule has 1 heterocycles. The molecule has 0 aromatic heterocycles. The molecule has 1 aliphatic heterocycles. The summed E-state index contributed by atoms with van der Waals surface area (Å²) in [4.78, 5) is 9.22. The van der Waals surface area contributed by atoms with Crippen molar-refractivity contribution in [3.63, 3.8) is 0 Å². The highest BCUT2D eigenvalue weighted by Crippen LogP contribution is 2.13. The van der Waals surface area contributed by atoms with Gasteiger partial charge in [0.1, 0.15) is 6.04 Å². The number of aliphatic imine (C=N–C) groups is 2. The first-order valence-electron chi connectivity index (χ1n) is 7.03. The molecule has 1 atom stereocenters. The SMILES string of the molecule is COC1=NC(C(C)C)C(OC)=NCC/C=C\CCC1. The van der Waals surface area contributed by atoms with Gasteiger partial charge in [-0.25, -0.2) is 4.99 Å². The monoisotopic (exact) mass is 266 g/mol. The van der Waals surface area contributed by atoms with E-state index in [0.717, 1.165) is 38.1 Å². The molecule has 0 fully saturated rings. The quantitative estimate of drug-likeness (QED) is 0.684. The lowest BCUT2D eigenvalue weighted by molar-refractivity contribution is 0.351. The molecular formula is C15H26N2O2. The number of rotatable bonds is 1. The Bertz CT molecular complexity index is 346. The largest absolute Gasteiger partial charge is 0.484 e. The summed E-state index contributed by atoms with van der Waals surface area (Å²) in [5, 5.41) is 0. The van der Waals surface area contributed by atoms with Crippen LogP contribution in [0.3, 0.4) is 0 Å². The molecule has 0 aromatic carbocycles. The second-order valence-electron chi connectivity index (χ2n) is 4.99. The van der Waals surface area contributed by atoms with E-state index in [0.29, 0.717) is 11.8 Å². The summed E-state index contributed by atoms with van der Waals surface area (Å²) >= 11 is 0. The zero-order valence-corrected chi connectivity index (χ0v) is 12.6. The van der Waals surface area contributed by atoms with Crippen LogP contribution in [0.1, 0.15) is 39.5 Å². The van der Waals surface area contributed by atoms with Gasteiger partial charge in [-0.05, 0) is 25.2 Å². The van der Waals surface area contributed by atoms with Gasteiger partial charge in [0.25, 0.3) is 0 Å². The van der Waals surface area contributed by atoms with Crippen molar-refractivity contribution in [1.29, 1.82) is 0 Å². The first-order chi connectivity index (χ1) is 9.19. The van der Waals surface area contributed by atoms with E-state index >= 15 is 0 Å². The summed E-state index contributed by atoms with van der Waals surface area (Å²) in [6.07, 6.45) is 8.34. The third-order valence-electron chi connectivity index (χ3n) is 3.10. The molecule has 0 saturated heterocycles. The van der Waals surface area contributed by atoms with E-state index in [4.69, 9.17) is 14.5 Å². The van der Waals surface area contributed by atoms with Crippen molar-refractivity contribution in [2.75, 3.05) is 20.8 Å². The molecule has 0 bridgehead atoms. The molecule has 1 rings (SSSR count). The maximum absolute atomic E-state index is 5.43. The molecule has 108 valence electrons. The summed E-state index contributed by atoms with van der Waals surface area (Å²) in [6, 6.07) is -0.0524. The van der Waals surface area contributed by atoms with Crippen LogP contribution in [-0.4, -0.2) is 38.6 Å². The minimum atomic E-state index is -0.0524. The molecule has 0 saturated carbocycles. The van der Waals surface area contributed by atoms with Gasteiger partial charge in [-0.3, -0.25) is 4.99 Å². The van der Waals surface area contributed by atoms with E-state index in [1.807, 2.05) is 0 Å². The van der Waals surface area contributed by atoms with Gasteiger partial charge in [-0.15, -0.1) is 0 Å². The maximum Gasteiger partial charge on any atom is 0.208 e. The molecule has 1 aliphatic rings. The van der Waals surface area contributed by atoms with Crippen molar-refractivity contribution in [2.45, 2.75) is 45.6 Å². The predicted octanol–water partition coefficient (Wildman–Crippen LogP) is 3.23. The van der Waals surface area contributed by atoms with E-state index < -0.39 is 0 Å². The first-order valence-corrected chi connectivity index (χ1v) is 7.03. The summed E-state index contributed by atoms with van der Waals surface area (Å²) < 4.78 is 10.8. The Kier molecular flexibility index (Phi) is 7.23. The molecule has 4 nitrogen and oxygen atoms in total. The number of allylic oxidation sites excluding steroid dienone is 1. The van der Waals surface area contributed by atoms with Gasteiger partial charge in [0, 0.05) is 13.0 Å². The van der Waals surface area contributed by atoms with Crippen molar-refractivity contribution in [2.24, 2.45) is 15.9 Å². The van der Waals surface area contributed by atoms with Crippen molar-refractivity contribution < 1.29 is 9.47 Å². The standard InChI is InChI=1S/C15H26N2O2/c1-12(2)14-15(19-4)16-11-9-7-5-6-8-10-13(17-14)18-3/h5,7,12,14H,6,8-11H2,1-4H3/b7-5-,16-15?,17-13?. The zero-order valence-electron chi connectivity index (χ0n) is 12.6. The van der Waals surface area contributed by atoms with Gasteiger partial charge >= 0.3 is 0 Å². The fraction of sp³-hybridized carbons (Fsp3) is 0.733. The Morgan fingerprint density at radius 2 is 1.89 bits per heavy atom. The van der Waals surface area contributed by atoms with E-state index in [1.165, 1.54) is 0 Å². The third kappa shape index (κ3) is 5.45. The van der Waals surface area contributed by atoms with Crippen LogP contribution in [0.5, 0.6) is 0 Å². The van der Waals surface area contributed by atoms with Gasteiger partial charge < -0.3 is 9.47 Å². The van der Waals surface area contributed by atoms with Crippen molar-refractivity contribution >= 4 is 11.8 Å². The highest BCUT2D eigenvalue weighted by molar-refractivity contribution is 5.86. The summed E-state index contributed by atoms with van der Waals surface area (Å²) in [7, 11) is 3.35. The molecular weight excluding hydrogens is 240 g/mol. The van der Waals surface area contributed by atoms with E-state index in [9.17, 15) is 0 Å². The molecule has 0 N–H and O–H groups in total. The van der Waals surface area contributed by atoms with Crippen LogP contribution in [0.4, 0.5) is 0 Å². The third-order valence-corrected chi connectivity index (χ3v) is 3.10. The minimum absolute atomic E-state index is 0.0524. The van der Waals surface area contributed by atoms with Crippen LogP contribution in [0.15, 0.2) is 22.1 Å². The molecule has 0 aromatic rings. The van der Waals surface area contributed by atoms with Crippen molar-refractivity contribution in [3.8, 4) is 0 Å². The Morgan fingerprint density at radius 1 is 1.16 bits per heavy atom. The lowest BCUT2D eigenvalue weighted by Crippen LogP contribution is -2.28. The van der Waals surface area contributed by atoms with Gasteiger partial charge in [0.15, 0.2) is 5.90 Å². The number of nitrogens with zero attached hydrogens (tertiary/aromatic N) is 2. The first kappa shape index (κ1) is 15.7. The van der Waals surface area contributed by atoms with Gasteiger partial charge in [-0.1, -0.05) is 26.0 Å². The van der Waals surface area contributed by atoms with E-state index in [1.54, 1.807) is 14.2 Å². The number of hydrogen-bond donors (Lipinski definition) is 0. The van der Waals surface area contributed by atoms with Crippen LogP contribution in [0.25, 0.3) is 0 Å². The van der Waals surface area contributed by atoms with Crippen LogP contribution < -0.4 is 0 Å². The van der Waals surface area contributed by atoms with Crippen LogP contribution in [-0.2, 0) is 9.47 Å². The predicted molar refractivity (Wildman–Crippen MR) is 80.0 cm³/mol. The molecule has 0 amide bonds. The van der Waals surface area contributed by atoms with Crippen LogP contribution in [0.2, 0.25) is 0 Å². The van der Waals surface area contributed by atoms with Crippen LogP contribution >= 0.6 is 0 Å². The molecule has 0 spiro atoms. The second-order valence-corrected chi connectivity index (χ2v) is 4.99. The van der Waals surface area contributed by atoms with Crippen molar-refractivity contribution in [1.82, 2.24) is 0 Å².